The summed E-state index contributed by atoms with van der Waals surface area (Å²) in [4.78, 5) is 11.0. The Hall–Kier alpha value is -0.980. The third-order valence-corrected chi connectivity index (χ3v) is 5.60. The monoisotopic (exact) mass is 369 g/mol. The van der Waals surface area contributed by atoms with Crippen molar-refractivity contribution in [2.75, 3.05) is 13.2 Å². The van der Waals surface area contributed by atoms with Gasteiger partial charge in [0, 0.05) is 28.9 Å². The Bertz CT molecular complexity index is 574. The number of halogens is 1. The van der Waals surface area contributed by atoms with E-state index in [0.29, 0.717) is 19.1 Å². The molecular formula is C16H20BrNO4. The van der Waals surface area contributed by atoms with Crippen LogP contribution in [-0.2, 0) is 15.9 Å². The number of hydrogen-bond donors (Lipinski definition) is 0. The number of rotatable bonds is 3. The minimum Gasteiger partial charge on any atom is -0.348 e. The SMILES string of the molecule is Cc1cc(CC2CCC3(CC2)OCCO3)c([N+](=O)[O-])cc1Br. The summed E-state index contributed by atoms with van der Waals surface area (Å²) in [6.07, 6.45) is 4.51. The Balaban J connectivity index is 1.71. The maximum absolute atomic E-state index is 11.3. The Morgan fingerprint density at radius 2 is 1.95 bits per heavy atom. The van der Waals surface area contributed by atoms with Gasteiger partial charge in [-0.15, -0.1) is 0 Å². The van der Waals surface area contributed by atoms with Gasteiger partial charge in [-0.05, 0) is 43.7 Å². The van der Waals surface area contributed by atoms with Crippen LogP contribution < -0.4 is 0 Å². The van der Waals surface area contributed by atoms with E-state index in [-0.39, 0.29) is 16.4 Å². The molecule has 1 saturated carbocycles. The highest BCUT2D eigenvalue weighted by atomic mass is 79.9. The Kier molecular flexibility index (Phi) is 4.52. The average Bonchev–Trinajstić information content (AvgIpc) is 2.93. The highest BCUT2D eigenvalue weighted by molar-refractivity contribution is 9.10. The number of nitro benzene ring substituents is 1. The highest BCUT2D eigenvalue weighted by Gasteiger charge is 2.40. The van der Waals surface area contributed by atoms with Crippen molar-refractivity contribution in [1.82, 2.24) is 0 Å². The fourth-order valence-corrected chi connectivity index (χ4v) is 3.81. The summed E-state index contributed by atoms with van der Waals surface area (Å²) in [5.41, 5.74) is 2.08. The molecule has 2 aliphatic rings. The van der Waals surface area contributed by atoms with Gasteiger partial charge in [0.25, 0.3) is 5.69 Å². The Morgan fingerprint density at radius 3 is 2.55 bits per heavy atom. The molecule has 6 heteroatoms. The molecule has 1 aromatic carbocycles. The van der Waals surface area contributed by atoms with Crippen molar-refractivity contribution in [2.24, 2.45) is 5.92 Å². The zero-order valence-corrected chi connectivity index (χ0v) is 14.2. The van der Waals surface area contributed by atoms with Gasteiger partial charge >= 0.3 is 0 Å². The molecule has 22 heavy (non-hydrogen) atoms. The smallest absolute Gasteiger partial charge is 0.273 e. The van der Waals surface area contributed by atoms with Crippen LogP contribution in [-0.4, -0.2) is 23.9 Å². The van der Waals surface area contributed by atoms with E-state index in [1.54, 1.807) is 6.07 Å². The summed E-state index contributed by atoms with van der Waals surface area (Å²) >= 11 is 3.38. The molecule has 3 rings (SSSR count). The van der Waals surface area contributed by atoms with Crippen molar-refractivity contribution in [2.45, 2.75) is 44.8 Å². The molecule has 0 radical (unpaired) electrons. The van der Waals surface area contributed by atoms with Gasteiger partial charge in [-0.3, -0.25) is 10.1 Å². The lowest BCUT2D eigenvalue weighted by atomic mass is 9.81. The van der Waals surface area contributed by atoms with Crippen molar-refractivity contribution in [1.29, 1.82) is 0 Å². The summed E-state index contributed by atoms with van der Waals surface area (Å²) in [5, 5.41) is 11.3. The minimum absolute atomic E-state index is 0.214. The van der Waals surface area contributed by atoms with Gasteiger partial charge < -0.3 is 9.47 Å². The topological polar surface area (TPSA) is 61.6 Å². The van der Waals surface area contributed by atoms with Crippen LogP contribution in [0.15, 0.2) is 16.6 Å². The molecule has 120 valence electrons. The number of nitro groups is 1. The van der Waals surface area contributed by atoms with E-state index in [9.17, 15) is 10.1 Å². The lowest BCUT2D eigenvalue weighted by molar-refractivity contribution is -0.385. The van der Waals surface area contributed by atoms with E-state index in [2.05, 4.69) is 15.9 Å². The predicted octanol–water partition coefficient (Wildman–Crippen LogP) is 4.14. The number of ether oxygens (including phenoxy) is 2. The molecule has 5 nitrogen and oxygen atoms in total. The van der Waals surface area contributed by atoms with E-state index in [0.717, 1.165) is 47.7 Å². The van der Waals surface area contributed by atoms with E-state index < -0.39 is 0 Å². The van der Waals surface area contributed by atoms with Gasteiger partial charge in [0.15, 0.2) is 5.79 Å². The molecule has 0 bridgehead atoms. The first kappa shape index (κ1) is 15.9. The quantitative estimate of drug-likeness (QED) is 0.593. The van der Waals surface area contributed by atoms with Gasteiger partial charge in [0.05, 0.1) is 18.1 Å². The standard InChI is InChI=1S/C16H20BrNO4/c1-11-8-13(15(18(19)20)10-14(11)17)9-12-2-4-16(5-3-12)21-6-7-22-16/h8,10,12H,2-7,9H2,1H3. The first-order valence-electron chi connectivity index (χ1n) is 7.70. The first-order chi connectivity index (χ1) is 10.5. The molecule has 1 aliphatic carbocycles. The minimum atomic E-state index is -0.363. The van der Waals surface area contributed by atoms with E-state index in [1.807, 2.05) is 13.0 Å². The van der Waals surface area contributed by atoms with Gasteiger partial charge in [-0.2, -0.15) is 0 Å². The molecule has 2 fully saturated rings. The normalized spacial score (nSPS) is 21.4. The zero-order chi connectivity index (χ0) is 15.7. The van der Waals surface area contributed by atoms with Crippen LogP contribution in [0.1, 0.15) is 36.8 Å². The molecule has 0 unspecified atom stereocenters. The average molecular weight is 370 g/mol. The summed E-state index contributed by atoms with van der Waals surface area (Å²) < 4.78 is 12.3. The molecule has 1 aromatic rings. The molecular weight excluding hydrogens is 350 g/mol. The van der Waals surface area contributed by atoms with Gasteiger partial charge in [0.2, 0.25) is 0 Å². The Labute approximate surface area is 138 Å². The number of benzene rings is 1. The van der Waals surface area contributed by atoms with Crippen LogP contribution in [0.4, 0.5) is 5.69 Å². The largest absolute Gasteiger partial charge is 0.348 e. The highest BCUT2D eigenvalue weighted by Crippen LogP contribution is 2.40. The van der Waals surface area contributed by atoms with Crippen LogP contribution >= 0.6 is 15.9 Å². The number of hydrogen-bond acceptors (Lipinski definition) is 4. The fraction of sp³-hybridized carbons (Fsp3) is 0.625. The third-order valence-electron chi connectivity index (χ3n) is 4.75. The molecule has 0 amide bonds. The van der Waals surface area contributed by atoms with Crippen LogP contribution in [0, 0.1) is 23.0 Å². The number of nitrogens with zero attached hydrogens (tertiary/aromatic N) is 1. The van der Waals surface area contributed by atoms with Crippen molar-refractivity contribution >= 4 is 21.6 Å². The molecule has 1 spiro atoms. The molecule has 0 N–H and O–H groups in total. The summed E-state index contributed by atoms with van der Waals surface area (Å²) in [6.45, 7) is 3.33. The van der Waals surface area contributed by atoms with E-state index >= 15 is 0 Å². The van der Waals surface area contributed by atoms with E-state index in [4.69, 9.17) is 9.47 Å². The maximum atomic E-state index is 11.3. The van der Waals surface area contributed by atoms with Crippen molar-refractivity contribution in [3.63, 3.8) is 0 Å². The van der Waals surface area contributed by atoms with Crippen LogP contribution in [0.2, 0.25) is 0 Å². The Morgan fingerprint density at radius 1 is 1.32 bits per heavy atom. The summed E-state index contributed by atoms with van der Waals surface area (Å²) in [7, 11) is 0. The van der Waals surface area contributed by atoms with Gasteiger partial charge in [-0.25, -0.2) is 0 Å². The van der Waals surface area contributed by atoms with Crippen molar-refractivity contribution in [3.8, 4) is 0 Å². The van der Waals surface area contributed by atoms with Crippen molar-refractivity contribution in [3.05, 3.63) is 37.8 Å². The van der Waals surface area contributed by atoms with E-state index in [1.165, 1.54) is 0 Å². The summed E-state index contributed by atoms with van der Waals surface area (Å²) in [6, 6.07) is 3.56. The van der Waals surface area contributed by atoms with Gasteiger partial charge in [-0.1, -0.05) is 15.9 Å². The lowest BCUT2D eigenvalue weighted by Crippen LogP contribution is -2.35. The second-order valence-corrected chi connectivity index (χ2v) is 7.10. The molecule has 1 saturated heterocycles. The van der Waals surface area contributed by atoms with Gasteiger partial charge in [0.1, 0.15) is 0 Å². The summed E-state index contributed by atoms with van der Waals surface area (Å²) in [5.74, 6) is 0.0932. The molecule has 0 aromatic heterocycles. The van der Waals surface area contributed by atoms with Crippen LogP contribution in [0.3, 0.4) is 0 Å². The third kappa shape index (κ3) is 3.19. The zero-order valence-electron chi connectivity index (χ0n) is 12.6. The lowest BCUT2D eigenvalue weighted by Gasteiger charge is -2.35. The molecule has 0 atom stereocenters. The predicted molar refractivity (Wildman–Crippen MR) is 85.8 cm³/mol. The fourth-order valence-electron chi connectivity index (χ4n) is 3.48. The van der Waals surface area contributed by atoms with Crippen molar-refractivity contribution < 1.29 is 14.4 Å². The number of aryl methyl sites for hydroxylation is 1. The molecule has 1 aliphatic heterocycles. The van der Waals surface area contributed by atoms with Crippen LogP contribution in [0.5, 0.6) is 0 Å². The van der Waals surface area contributed by atoms with Crippen LogP contribution in [0.25, 0.3) is 0 Å². The maximum Gasteiger partial charge on any atom is 0.273 e. The first-order valence-corrected chi connectivity index (χ1v) is 8.50. The molecule has 1 heterocycles. The second kappa shape index (κ2) is 6.26. The second-order valence-electron chi connectivity index (χ2n) is 6.24.